The Balaban J connectivity index is 2.07. The molecule has 1 nitrogen and oxygen atoms in total. The summed E-state index contributed by atoms with van der Waals surface area (Å²) in [7, 11) is 0. The standard InChI is InChI=1S/C23H39ClO/c1-2-3-4-5-6-7-8-9-10-11-12-16-19-23(24,20-21-25)22-17-14-13-15-18-22/h13-15,17-18,25H,2-12,16,19-21H2,1H3. The molecular weight excluding hydrogens is 328 g/mol. The van der Waals surface area contributed by atoms with Crippen LogP contribution in [-0.4, -0.2) is 11.7 Å². The maximum atomic E-state index is 9.37. The van der Waals surface area contributed by atoms with Gasteiger partial charge in [-0.3, -0.25) is 0 Å². The monoisotopic (exact) mass is 366 g/mol. The fourth-order valence-electron chi connectivity index (χ4n) is 3.57. The summed E-state index contributed by atoms with van der Waals surface area (Å²) in [5, 5.41) is 9.37. The van der Waals surface area contributed by atoms with Gasteiger partial charge in [0, 0.05) is 6.61 Å². The van der Waals surface area contributed by atoms with Gasteiger partial charge in [0.25, 0.3) is 0 Å². The third-order valence-corrected chi connectivity index (χ3v) is 5.82. The molecule has 25 heavy (non-hydrogen) atoms. The molecule has 0 saturated carbocycles. The van der Waals surface area contributed by atoms with Crippen LogP contribution >= 0.6 is 11.6 Å². The highest BCUT2D eigenvalue weighted by Gasteiger charge is 2.28. The molecule has 0 aromatic heterocycles. The van der Waals surface area contributed by atoms with Crippen LogP contribution in [0.5, 0.6) is 0 Å². The van der Waals surface area contributed by atoms with Crippen molar-refractivity contribution in [2.75, 3.05) is 6.61 Å². The van der Waals surface area contributed by atoms with Crippen LogP contribution in [0.15, 0.2) is 30.3 Å². The average Bonchev–Trinajstić information content (AvgIpc) is 2.63. The molecule has 0 saturated heterocycles. The molecule has 0 bridgehead atoms. The van der Waals surface area contributed by atoms with Crippen LogP contribution in [0.1, 0.15) is 102 Å². The number of halogens is 1. The predicted octanol–water partition coefficient (Wildman–Crippen LogP) is 7.59. The molecule has 1 atom stereocenters. The molecule has 1 aromatic carbocycles. The first-order chi connectivity index (χ1) is 12.2. The number of unbranched alkanes of at least 4 members (excludes halogenated alkanes) is 11. The predicted molar refractivity (Wildman–Crippen MR) is 111 cm³/mol. The van der Waals surface area contributed by atoms with Crippen molar-refractivity contribution < 1.29 is 5.11 Å². The van der Waals surface area contributed by atoms with E-state index in [9.17, 15) is 5.11 Å². The molecule has 0 aliphatic carbocycles. The van der Waals surface area contributed by atoms with Gasteiger partial charge < -0.3 is 5.11 Å². The number of alkyl halides is 1. The van der Waals surface area contributed by atoms with Gasteiger partial charge >= 0.3 is 0 Å². The van der Waals surface area contributed by atoms with Gasteiger partial charge in [-0.05, 0) is 18.4 Å². The van der Waals surface area contributed by atoms with Crippen LogP contribution in [0.3, 0.4) is 0 Å². The molecule has 0 fully saturated rings. The average molecular weight is 367 g/mol. The molecule has 0 aliphatic rings. The van der Waals surface area contributed by atoms with Gasteiger partial charge in [-0.15, -0.1) is 11.6 Å². The topological polar surface area (TPSA) is 20.2 Å². The third-order valence-electron chi connectivity index (χ3n) is 5.23. The molecule has 0 amide bonds. The second-order valence-electron chi connectivity index (χ2n) is 7.44. The van der Waals surface area contributed by atoms with E-state index < -0.39 is 4.87 Å². The van der Waals surface area contributed by atoms with Gasteiger partial charge in [-0.1, -0.05) is 114 Å². The number of aliphatic hydroxyl groups is 1. The quantitative estimate of drug-likeness (QED) is 0.236. The van der Waals surface area contributed by atoms with Crippen LogP contribution < -0.4 is 0 Å². The lowest BCUT2D eigenvalue weighted by Gasteiger charge is -2.27. The van der Waals surface area contributed by atoms with Crippen molar-refractivity contribution in [1.82, 2.24) is 0 Å². The minimum atomic E-state index is -0.394. The van der Waals surface area contributed by atoms with Crippen molar-refractivity contribution in [1.29, 1.82) is 0 Å². The second kappa shape index (κ2) is 14.6. The van der Waals surface area contributed by atoms with Crippen molar-refractivity contribution in [3.8, 4) is 0 Å². The van der Waals surface area contributed by atoms with E-state index in [1.165, 1.54) is 70.6 Å². The lowest BCUT2D eigenvalue weighted by molar-refractivity contribution is 0.260. The van der Waals surface area contributed by atoms with E-state index in [0.717, 1.165) is 18.4 Å². The maximum Gasteiger partial charge on any atom is 0.0716 e. The van der Waals surface area contributed by atoms with E-state index in [1.807, 2.05) is 18.2 Å². The van der Waals surface area contributed by atoms with Crippen LogP contribution in [0, 0.1) is 0 Å². The first-order valence-corrected chi connectivity index (χ1v) is 11.0. The van der Waals surface area contributed by atoms with Gasteiger partial charge in [0.1, 0.15) is 0 Å². The van der Waals surface area contributed by atoms with Crippen LogP contribution in [0.2, 0.25) is 0 Å². The van der Waals surface area contributed by atoms with Crippen molar-refractivity contribution in [3.05, 3.63) is 35.9 Å². The molecule has 0 heterocycles. The third kappa shape index (κ3) is 10.3. The Labute approximate surface area is 161 Å². The molecular formula is C23H39ClO. The highest BCUT2D eigenvalue weighted by atomic mass is 35.5. The first-order valence-electron chi connectivity index (χ1n) is 10.6. The normalized spacial score (nSPS) is 13.7. The summed E-state index contributed by atoms with van der Waals surface area (Å²) < 4.78 is 0. The number of rotatable bonds is 16. The summed E-state index contributed by atoms with van der Waals surface area (Å²) in [4.78, 5) is -0.394. The zero-order valence-electron chi connectivity index (χ0n) is 16.3. The number of hydrogen-bond donors (Lipinski definition) is 1. The van der Waals surface area contributed by atoms with Crippen molar-refractivity contribution in [2.24, 2.45) is 0 Å². The Morgan fingerprint density at radius 1 is 0.720 bits per heavy atom. The molecule has 0 aliphatic heterocycles. The smallest absolute Gasteiger partial charge is 0.0716 e. The van der Waals surface area contributed by atoms with E-state index in [2.05, 4.69) is 19.1 Å². The Morgan fingerprint density at radius 3 is 1.68 bits per heavy atom. The van der Waals surface area contributed by atoms with E-state index in [1.54, 1.807) is 0 Å². The summed E-state index contributed by atoms with van der Waals surface area (Å²) in [5.41, 5.74) is 1.15. The largest absolute Gasteiger partial charge is 0.396 e. The van der Waals surface area contributed by atoms with Crippen molar-refractivity contribution in [2.45, 2.75) is 102 Å². The zero-order chi connectivity index (χ0) is 18.2. The fraction of sp³-hybridized carbons (Fsp3) is 0.739. The number of benzene rings is 1. The van der Waals surface area contributed by atoms with Gasteiger partial charge in [-0.2, -0.15) is 0 Å². The Bertz CT molecular complexity index is 406. The zero-order valence-corrected chi connectivity index (χ0v) is 17.1. The lowest BCUT2D eigenvalue weighted by Crippen LogP contribution is -2.20. The molecule has 0 radical (unpaired) electrons. The summed E-state index contributed by atoms with van der Waals surface area (Å²) in [6.07, 6.45) is 17.9. The van der Waals surface area contributed by atoms with E-state index >= 15 is 0 Å². The van der Waals surface area contributed by atoms with Crippen LogP contribution in [0.4, 0.5) is 0 Å². The summed E-state index contributed by atoms with van der Waals surface area (Å²) in [6, 6.07) is 10.3. The van der Waals surface area contributed by atoms with Crippen molar-refractivity contribution >= 4 is 11.6 Å². The Hall–Kier alpha value is -0.530. The molecule has 2 heteroatoms. The lowest BCUT2D eigenvalue weighted by atomic mass is 9.89. The van der Waals surface area contributed by atoms with E-state index in [0.29, 0.717) is 6.42 Å². The highest BCUT2D eigenvalue weighted by Crippen LogP contribution is 2.37. The summed E-state index contributed by atoms with van der Waals surface area (Å²) in [6.45, 7) is 2.43. The number of hydrogen-bond acceptors (Lipinski definition) is 1. The summed E-state index contributed by atoms with van der Waals surface area (Å²) >= 11 is 6.84. The van der Waals surface area contributed by atoms with Crippen molar-refractivity contribution in [3.63, 3.8) is 0 Å². The Kier molecular flexibility index (Phi) is 13.2. The second-order valence-corrected chi connectivity index (χ2v) is 8.17. The van der Waals surface area contributed by atoms with E-state index in [4.69, 9.17) is 11.6 Å². The van der Waals surface area contributed by atoms with Gasteiger partial charge in [0.05, 0.1) is 4.87 Å². The first kappa shape index (κ1) is 22.5. The number of aliphatic hydroxyl groups excluding tert-OH is 1. The highest BCUT2D eigenvalue weighted by molar-refractivity contribution is 6.24. The van der Waals surface area contributed by atoms with Gasteiger partial charge in [-0.25, -0.2) is 0 Å². The maximum absolute atomic E-state index is 9.37. The molecule has 1 aromatic rings. The molecule has 144 valence electrons. The Morgan fingerprint density at radius 2 is 1.20 bits per heavy atom. The molecule has 1 rings (SSSR count). The molecule has 1 N–H and O–H groups in total. The van der Waals surface area contributed by atoms with Gasteiger partial charge in [0.15, 0.2) is 0 Å². The SMILES string of the molecule is CCCCCCCCCCCCCCC(Cl)(CCO)c1ccccc1. The molecule has 0 spiro atoms. The van der Waals surface area contributed by atoms with Crippen LogP contribution in [-0.2, 0) is 4.87 Å². The van der Waals surface area contributed by atoms with Crippen LogP contribution in [0.25, 0.3) is 0 Å². The molecule has 1 unspecified atom stereocenters. The fourth-order valence-corrected chi connectivity index (χ4v) is 3.92. The minimum Gasteiger partial charge on any atom is -0.396 e. The summed E-state index contributed by atoms with van der Waals surface area (Å²) in [5.74, 6) is 0. The minimum absolute atomic E-state index is 0.149. The van der Waals surface area contributed by atoms with E-state index in [-0.39, 0.29) is 6.61 Å². The van der Waals surface area contributed by atoms with Gasteiger partial charge in [0.2, 0.25) is 0 Å².